The lowest BCUT2D eigenvalue weighted by atomic mass is 10.1. The molecule has 0 aliphatic heterocycles. The largest absolute Gasteiger partial charge is 0.456 e. The molecule has 0 spiro atoms. The third kappa shape index (κ3) is 3.55. The average Bonchev–Trinajstić information content (AvgIpc) is 2.43. The molecule has 0 heterocycles. The second-order valence-electron chi connectivity index (χ2n) is 4.17. The summed E-state index contributed by atoms with van der Waals surface area (Å²) in [6, 6.07) is 11.4. The minimum Gasteiger partial charge on any atom is -0.456 e. The summed E-state index contributed by atoms with van der Waals surface area (Å²) in [6.07, 6.45) is 0.199. The van der Waals surface area contributed by atoms with Crippen LogP contribution in [0.1, 0.15) is 25.0 Å². The molecule has 0 radical (unpaired) electrons. The average molecular weight is 325 g/mol. The lowest BCUT2D eigenvalue weighted by molar-refractivity contribution is 0.173. The van der Waals surface area contributed by atoms with Gasteiger partial charge >= 0.3 is 0 Å². The van der Waals surface area contributed by atoms with E-state index in [0.717, 1.165) is 5.56 Å². The van der Waals surface area contributed by atoms with Gasteiger partial charge in [0.1, 0.15) is 17.3 Å². The van der Waals surface area contributed by atoms with Crippen molar-refractivity contribution >= 4 is 15.9 Å². The van der Waals surface area contributed by atoms with Crippen molar-refractivity contribution in [3.8, 4) is 11.5 Å². The van der Waals surface area contributed by atoms with Gasteiger partial charge in [-0.3, -0.25) is 0 Å². The summed E-state index contributed by atoms with van der Waals surface area (Å²) < 4.78 is 19.4. The van der Waals surface area contributed by atoms with Crippen LogP contribution in [0.4, 0.5) is 4.39 Å². The highest BCUT2D eigenvalue weighted by molar-refractivity contribution is 9.10. The second-order valence-corrected chi connectivity index (χ2v) is 5.02. The Morgan fingerprint density at radius 1 is 1.21 bits per heavy atom. The fourth-order valence-corrected chi connectivity index (χ4v) is 2.00. The molecule has 0 aromatic heterocycles. The molecular formula is C15H14BrFO2. The van der Waals surface area contributed by atoms with Crippen LogP contribution in [0.5, 0.6) is 11.5 Å². The molecular weight excluding hydrogens is 311 g/mol. The van der Waals surface area contributed by atoms with Crippen molar-refractivity contribution in [1.82, 2.24) is 0 Å². The zero-order valence-electron chi connectivity index (χ0n) is 10.4. The van der Waals surface area contributed by atoms with E-state index in [1.807, 2.05) is 6.92 Å². The Hall–Kier alpha value is -1.39. The maximum absolute atomic E-state index is 13.1. The van der Waals surface area contributed by atoms with Crippen molar-refractivity contribution < 1.29 is 14.2 Å². The van der Waals surface area contributed by atoms with Gasteiger partial charge < -0.3 is 9.84 Å². The molecule has 0 saturated carbocycles. The van der Waals surface area contributed by atoms with E-state index in [4.69, 9.17) is 4.74 Å². The van der Waals surface area contributed by atoms with Crippen molar-refractivity contribution in [2.75, 3.05) is 0 Å². The Kier molecular flexibility index (Phi) is 4.56. The predicted molar refractivity (Wildman–Crippen MR) is 75.9 cm³/mol. The molecule has 0 bridgehead atoms. The van der Waals surface area contributed by atoms with Crippen molar-refractivity contribution in [3.05, 3.63) is 58.3 Å². The maximum Gasteiger partial charge on any atom is 0.144 e. The first-order valence-electron chi connectivity index (χ1n) is 6.01. The van der Waals surface area contributed by atoms with Crippen molar-refractivity contribution in [1.29, 1.82) is 0 Å². The van der Waals surface area contributed by atoms with Crippen LogP contribution in [0.3, 0.4) is 0 Å². The SMILES string of the molecule is CCC(O)c1ccc(Oc2cc(F)ccc2Br)cc1. The third-order valence-electron chi connectivity index (χ3n) is 2.77. The van der Waals surface area contributed by atoms with Crippen molar-refractivity contribution in [2.45, 2.75) is 19.4 Å². The molecule has 0 amide bonds. The first-order valence-corrected chi connectivity index (χ1v) is 6.80. The van der Waals surface area contributed by atoms with Gasteiger partial charge in [-0.15, -0.1) is 0 Å². The number of aliphatic hydroxyl groups is 1. The highest BCUT2D eigenvalue weighted by Gasteiger charge is 2.07. The summed E-state index contributed by atoms with van der Waals surface area (Å²) in [5.41, 5.74) is 0.841. The topological polar surface area (TPSA) is 29.5 Å². The molecule has 0 saturated heterocycles. The minimum absolute atomic E-state index is 0.351. The molecule has 2 rings (SSSR count). The zero-order chi connectivity index (χ0) is 13.8. The van der Waals surface area contributed by atoms with Crippen LogP contribution in [0, 0.1) is 5.82 Å². The normalized spacial score (nSPS) is 12.2. The molecule has 1 N–H and O–H groups in total. The zero-order valence-corrected chi connectivity index (χ0v) is 12.0. The Balaban J connectivity index is 2.17. The molecule has 0 fully saturated rings. The highest BCUT2D eigenvalue weighted by atomic mass is 79.9. The second kappa shape index (κ2) is 6.17. The molecule has 2 aromatic rings. The predicted octanol–water partition coefficient (Wildman–Crippen LogP) is 4.82. The van der Waals surface area contributed by atoms with E-state index in [1.54, 1.807) is 30.3 Å². The van der Waals surface area contributed by atoms with E-state index in [2.05, 4.69) is 15.9 Å². The van der Waals surface area contributed by atoms with Gasteiger partial charge in [0.15, 0.2) is 0 Å². The minimum atomic E-state index is -0.463. The van der Waals surface area contributed by atoms with Gasteiger partial charge in [-0.2, -0.15) is 0 Å². The summed E-state index contributed by atoms with van der Waals surface area (Å²) in [5, 5.41) is 9.69. The van der Waals surface area contributed by atoms with Gasteiger partial charge in [0.25, 0.3) is 0 Å². The quantitative estimate of drug-likeness (QED) is 0.873. The third-order valence-corrected chi connectivity index (χ3v) is 3.43. The molecule has 0 aliphatic rings. The number of rotatable bonds is 4. The smallest absolute Gasteiger partial charge is 0.144 e. The van der Waals surface area contributed by atoms with Gasteiger partial charge in [0, 0.05) is 6.07 Å². The van der Waals surface area contributed by atoms with E-state index in [0.29, 0.717) is 22.4 Å². The van der Waals surface area contributed by atoms with E-state index in [1.165, 1.54) is 12.1 Å². The van der Waals surface area contributed by atoms with Crippen LogP contribution in [0.2, 0.25) is 0 Å². The highest BCUT2D eigenvalue weighted by Crippen LogP contribution is 2.31. The Morgan fingerprint density at radius 2 is 1.89 bits per heavy atom. The van der Waals surface area contributed by atoms with Gasteiger partial charge in [-0.05, 0) is 52.2 Å². The Morgan fingerprint density at radius 3 is 2.53 bits per heavy atom. The van der Waals surface area contributed by atoms with Crippen LogP contribution in [0.25, 0.3) is 0 Å². The van der Waals surface area contributed by atoms with Gasteiger partial charge in [-0.25, -0.2) is 4.39 Å². The lowest BCUT2D eigenvalue weighted by Gasteiger charge is -2.11. The fraction of sp³-hybridized carbons (Fsp3) is 0.200. The van der Waals surface area contributed by atoms with Crippen LogP contribution in [0.15, 0.2) is 46.9 Å². The fourth-order valence-electron chi connectivity index (χ4n) is 1.68. The van der Waals surface area contributed by atoms with Crippen molar-refractivity contribution in [2.24, 2.45) is 0 Å². The standard InChI is InChI=1S/C15H14BrFO2/c1-2-14(18)10-3-6-12(7-4-10)19-15-9-11(17)5-8-13(15)16/h3-9,14,18H,2H2,1H3. The summed E-state index contributed by atoms with van der Waals surface area (Å²) >= 11 is 3.31. The molecule has 100 valence electrons. The molecule has 1 unspecified atom stereocenters. The van der Waals surface area contributed by atoms with Gasteiger partial charge in [0.05, 0.1) is 10.6 Å². The Labute approximate surface area is 120 Å². The molecule has 0 aliphatic carbocycles. The number of hydrogen-bond acceptors (Lipinski definition) is 2. The van der Waals surface area contributed by atoms with E-state index >= 15 is 0 Å². The number of benzene rings is 2. The van der Waals surface area contributed by atoms with Crippen LogP contribution in [-0.2, 0) is 0 Å². The van der Waals surface area contributed by atoms with E-state index < -0.39 is 6.10 Å². The summed E-state index contributed by atoms with van der Waals surface area (Å²) in [5.74, 6) is 0.665. The van der Waals surface area contributed by atoms with Crippen LogP contribution < -0.4 is 4.74 Å². The first-order chi connectivity index (χ1) is 9.10. The summed E-state index contributed by atoms with van der Waals surface area (Å²) in [7, 11) is 0. The first kappa shape index (κ1) is 14.0. The number of halogens is 2. The number of ether oxygens (including phenoxy) is 1. The lowest BCUT2D eigenvalue weighted by Crippen LogP contribution is -1.94. The molecule has 2 nitrogen and oxygen atoms in total. The van der Waals surface area contributed by atoms with Crippen molar-refractivity contribution in [3.63, 3.8) is 0 Å². The maximum atomic E-state index is 13.1. The van der Waals surface area contributed by atoms with Gasteiger partial charge in [-0.1, -0.05) is 19.1 Å². The van der Waals surface area contributed by atoms with E-state index in [-0.39, 0.29) is 5.82 Å². The Bertz CT molecular complexity index is 555. The number of aliphatic hydroxyl groups excluding tert-OH is 1. The summed E-state index contributed by atoms with van der Waals surface area (Å²) in [6.45, 7) is 1.92. The molecule has 19 heavy (non-hydrogen) atoms. The monoisotopic (exact) mass is 324 g/mol. The van der Waals surface area contributed by atoms with Crippen LogP contribution in [-0.4, -0.2) is 5.11 Å². The molecule has 1 atom stereocenters. The molecule has 4 heteroatoms. The number of hydrogen-bond donors (Lipinski definition) is 1. The van der Waals surface area contributed by atoms with E-state index in [9.17, 15) is 9.50 Å². The summed E-state index contributed by atoms with van der Waals surface area (Å²) in [4.78, 5) is 0. The van der Waals surface area contributed by atoms with Gasteiger partial charge in [0.2, 0.25) is 0 Å². The van der Waals surface area contributed by atoms with Crippen LogP contribution >= 0.6 is 15.9 Å². The molecule has 2 aromatic carbocycles.